The number of nitrogens with zero attached hydrogens (tertiary/aromatic N) is 2. The second-order valence-electron chi connectivity index (χ2n) is 5.00. The zero-order valence-electron chi connectivity index (χ0n) is 11.6. The van der Waals surface area contributed by atoms with Crippen LogP contribution in [0, 0.1) is 6.92 Å². The van der Waals surface area contributed by atoms with Crippen LogP contribution in [0.4, 0.5) is 0 Å². The second kappa shape index (κ2) is 5.38. The molecular weight excluding hydrogens is 266 g/mol. The van der Waals surface area contributed by atoms with Crippen molar-refractivity contribution in [2.75, 3.05) is 0 Å². The zero-order chi connectivity index (χ0) is 14.8. The first-order valence-corrected chi connectivity index (χ1v) is 6.62. The van der Waals surface area contributed by atoms with Gasteiger partial charge in [-0.05, 0) is 30.7 Å². The summed E-state index contributed by atoms with van der Waals surface area (Å²) in [4.78, 5) is 15.8. The minimum Gasteiger partial charge on any atom is -0.326 e. The second-order valence-corrected chi connectivity index (χ2v) is 5.00. The predicted octanol–water partition coefficient (Wildman–Crippen LogP) is 2.51. The molecule has 0 unspecified atom stereocenters. The van der Waals surface area contributed by atoms with Gasteiger partial charge in [-0.3, -0.25) is 10.0 Å². The van der Waals surface area contributed by atoms with Gasteiger partial charge >= 0.3 is 0 Å². The van der Waals surface area contributed by atoms with Gasteiger partial charge in [-0.15, -0.1) is 0 Å². The van der Waals surface area contributed by atoms with Crippen molar-refractivity contribution in [1.82, 2.24) is 15.0 Å². The molecule has 106 valence electrons. The van der Waals surface area contributed by atoms with Crippen molar-refractivity contribution in [3.05, 3.63) is 65.5 Å². The summed E-state index contributed by atoms with van der Waals surface area (Å²) in [6, 6.07) is 13.4. The fraction of sp³-hybridized carbons (Fsp3) is 0.125. The molecule has 3 rings (SSSR count). The van der Waals surface area contributed by atoms with E-state index in [1.165, 1.54) is 5.56 Å². The maximum Gasteiger partial charge on any atom is 0.274 e. The summed E-state index contributed by atoms with van der Waals surface area (Å²) >= 11 is 0. The van der Waals surface area contributed by atoms with Gasteiger partial charge in [0, 0.05) is 12.1 Å². The van der Waals surface area contributed by atoms with Gasteiger partial charge in [0.05, 0.1) is 17.4 Å². The Labute approximate surface area is 121 Å². The molecular formula is C16H15N3O2. The van der Waals surface area contributed by atoms with Crippen LogP contribution in [0.15, 0.2) is 48.8 Å². The molecule has 0 saturated carbocycles. The van der Waals surface area contributed by atoms with Gasteiger partial charge in [-0.2, -0.15) is 0 Å². The quantitative estimate of drug-likeness (QED) is 0.572. The molecule has 0 aliphatic heterocycles. The number of hydrogen-bond donors (Lipinski definition) is 2. The highest BCUT2D eigenvalue weighted by molar-refractivity contribution is 5.96. The molecule has 1 heterocycles. The number of amides is 1. The molecule has 0 bridgehead atoms. The third-order valence-electron chi connectivity index (χ3n) is 3.46. The molecule has 2 N–H and O–H groups in total. The molecule has 0 spiro atoms. The van der Waals surface area contributed by atoms with Gasteiger partial charge in [0.25, 0.3) is 5.91 Å². The number of aromatic nitrogens is 2. The number of benzene rings is 2. The van der Waals surface area contributed by atoms with Gasteiger partial charge in [0.15, 0.2) is 0 Å². The Morgan fingerprint density at radius 1 is 1.24 bits per heavy atom. The van der Waals surface area contributed by atoms with Crippen LogP contribution in [0.3, 0.4) is 0 Å². The number of hydrogen-bond acceptors (Lipinski definition) is 3. The monoisotopic (exact) mass is 281 g/mol. The molecule has 2 aromatic carbocycles. The van der Waals surface area contributed by atoms with E-state index in [0.29, 0.717) is 12.1 Å². The highest BCUT2D eigenvalue weighted by Crippen LogP contribution is 2.17. The number of carbonyl (C=O) groups is 1. The van der Waals surface area contributed by atoms with E-state index in [9.17, 15) is 4.79 Å². The van der Waals surface area contributed by atoms with Crippen LogP contribution in [0.25, 0.3) is 11.0 Å². The lowest BCUT2D eigenvalue weighted by Crippen LogP contribution is -2.18. The lowest BCUT2D eigenvalue weighted by atomic mass is 10.1. The first-order chi connectivity index (χ1) is 10.2. The first kappa shape index (κ1) is 13.3. The molecule has 0 fully saturated rings. The highest BCUT2D eigenvalue weighted by Gasteiger charge is 2.09. The summed E-state index contributed by atoms with van der Waals surface area (Å²) in [6.45, 7) is 2.73. The van der Waals surface area contributed by atoms with Crippen LogP contribution < -0.4 is 5.48 Å². The third kappa shape index (κ3) is 2.64. The molecule has 21 heavy (non-hydrogen) atoms. The third-order valence-corrected chi connectivity index (χ3v) is 3.46. The lowest BCUT2D eigenvalue weighted by Gasteiger charge is -2.06. The number of aryl methyl sites for hydroxylation is 1. The van der Waals surface area contributed by atoms with Gasteiger partial charge in [0.1, 0.15) is 0 Å². The first-order valence-electron chi connectivity index (χ1n) is 6.62. The summed E-state index contributed by atoms with van der Waals surface area (Å²) in [7, 11) is 0. The minimum absolute atomic E-state index is 0.399. The molecule has 5 nitrogen and oxygen atoms in total. The van der Waals surface area contributed by atoms with Crippen molar-refractivity contribution in [3.8, 4) is 0 Å². The number of rotatable bonds is 3. The smallest absolute Gasteiger partial charge is 0.274 e. The molecule has 0 atom stereocenters. The maximum absolute atomic E-state index is 11.5. The van der Waals surface area contributed by atoms with E-state index in [1.54, 1.807) is 30.0 Å². The molecule has 1 amide bonds. The zero-order valence-corrected chi connectivity index (χ0v) is 11.6. The molecule has 3 aromatic rings. The van der Waals surface area contributed by atoms with Crippen LogP contribution in [-0.4, -0.2) is 20.7 Å². The topological polar surface area (TPSA) is 67.2 Å². The summed E-state index contributed by atoms with van der Waals surface area (Å²) in [5.41, 5.74) is 6.10. The Kier molecular flexibility index (Phi) is 3.41. The van der Waals surface area contributed by atoms with Crippen LogP contribution in [-0.2, 0) is 6.54 Å². The average molecular weight is 281 g/mol. The van der Waals surface area contributed by atoms with E-state index >= 15 is 0 Å². The van der Waals surface area contributed by atoms with Crippen molar-refractivity contribution >= 4 is 16.9 Å². The van der Waals surface area contributed by atoms with Gasteiger partial charge in [-0.25, -0.2) is 10.5 Å². The molecule has 0 aliphatic rings. The Balaban J connectivity index is 1.98. The normalized spacial score (nSPS) is 10.8. The number of nitrogens with one attached hydrogen (secondary N) is 1. The van der Waals surface area contributed by atoms with E-state index in [-0.39, 0.29) is 0 Å². The predicted molar refractivity (Wildman–Crippen MR) is 79.3 cm³/mol. The highest BCUT2D eigenvalue weighted by atomic mass is 16.5. The summed E-state index contributed by atoms with van der Waals surface area (Å²) in [5, 5.41) is 8.72. The van der Waals surface area contributed by atoms with Crippen LogP contribution in [0.1, 0.15) is 21.5 Å². The van der Waals surface area contributed by atoms with Crippen LogP contribution in [0.5, 0.6) is 0 Å². The Morgan fingerprint density at radius 3 is 2.71 bits per heavy atom. The van der Waals surface area contributed by atoms with Crippen LogP contribution in [0.2, 0.25) is 0 Å². The van der Waals surface area contributed by atoms with E-state index in [0.717, 1.165) is 16.6 Å². The maximum atomic E-state index is 11.5. The summed E-state index contributed by atoms with van der Waals surface area (Å²) in [6.07, 6.45) is 1.76. The summed E-state index contributed by atoms with van der Waals surface area (Å²) in [5.74, 6) is -0.528. The standard InChI is InChI=1S/C16H15N3O2/c1-11-2-4-12(5-3-11)9-19-10-17-14-7-6-13(8-15(14)19)16(20)18-21/h2-8,10,21H,9H2,1H3,(H,18,20). The molecule has 1 aromatic heterocycles. The van der Waals surface area contributed by atoms with Gasteiger partial charge in [0.2, 0.25) is 0 Å². The largest absolute Gasteiger partial charge is 0.326 e. The van der Waals surface area contributed by atoms with Gasteiger partial charge < -0.3 is 4.57 Å². The van der Waals surface area contributed by atoms with Crippen molar-refractivity contribution in [2.24, 2.45) is 0 Å². The van der Waals surface area contributed by atoms with Crippen molar-refractivity contribution in [3.63, 3.8) is 0 Å². The van der Waals surface area contributed by atoms with Crippen molar-refractivity contribution in [2.45, 2.75) is 13.5 Å². The van der Waals surface area contributed by atoms with Crippen molar-refractivity contribution in [1.29, 1.82) is 0 Å². The fourth-order valence-corrected chi connectivity index (χ4v) is 2.28. The van der Waals surface area contributed by atoms with Gasteiger partial charge in [-0.1, -0.05) is 29.8 Å². The number of hydroxylamine groups is 1. The average Bonchev–Trinajstić information content (AvgIpc) is 2.91. The number of carbonyl (C=O) groups excluding carboxylic acids is 1. The molecule has 5 heteroatoms. The molecule has 0 saturated heterocycles. The Hall–Kier alpha value is -2.66. The SMILES string of the molecule is Cc1ccc(Cn2cnc3ccc(C(=O)NO)cc32)cc1. The van der Waals surface area contributed by atoms with E-state index < -0.39 is 5.91 Å². The van der Waals surface area contributed by atoms with E-state index in [1.807, 2.05) is 4.57 Å². The number of fused-ring (bicyclic) bond motifs is 1. The Morgan fingerprint density at radius 2 is 2.00 bits per heavy atom. The van der Waals surface area contributed by atoms with Crippen LogP contribution >= 0.6 is 0 Å². The number of imidazole rings is 1. The van der Waals surface area contributed by atoms with E-state index in [4.69, 9.17) is 5.21 Å². The minimum atomic E-state index is -0.528. The molecule has 0 aliphatic carbocycles. The molecule has 0 radical (unpaired) electrons. The lowest BCUT2D eigenvalue weighted by molar-refractivity contribution is 0.0706. The summed E-state index contributed by atoms with van der Waals surface area (Å²) < 4.78 is 1.98. The van der Waals surface area contributed by atoms with E-state index in [2.05, 4.69) is 36.2 Å². The fourth-order valence-electron chi connectivity index (χ4n) is 2.28. The Bertz CT molecular complexity index is 791. The van der Waals surface area contributed by atoms with Crippen molar-refractivity contribution < 1.29 is 10.0 Å².